The molecule has 6 aliphatic rings. The molecule has 1 aromatic carbocycles. The summed E-state index contributed by atoms with van der Waals surface area (Å²) in [7, 11) is 0. The summed E-state index contributed by atoms with van der Waals surface area (Å²) >= 11 is 0. The first-order valence-electron chi connectivity index (χ1n) is 12.5. The monoisotopic (exact) mass is 386 g/mol. The van der Waals surface area contributed by atoms with E-state index in [0.717, 1.165) is 24.2 Å². The van der Waals surface area contributed by atoms with Gasteiger partial charge in [-0.2, -0.15) is 0 Å². The molecule has 0 N–H and O–H groups in total. The second-order valence-electron chi connectivity index (χ2n) is 10.3. The number of rotatable bonds is 0. The molecule has 0 radical (unpaired) electrons. The predicted octanol–water partition coefficient (Wildman–Crippen LogP) is 8.45. The third kappa shape index (κ3) is 4.79. The molecule has 0 amide bonds. The smallest absolute Gasteiger partial charge is 0.00230 e. The summed E-state index contributed by atoms with van der Waals surface area (Å²) in [6.45, 7) is 0. The highest BCUT2D eigenvalue weighted by Crippen LogP contribution is 2.39. The second-order valence-corrected chi connectivity index (χ2v) is 10.3. The Balaban J connectivity index is 1.31. The van der Waals surface area contributed by atoms with Crippen molar-refractivity contribution >= 4 is 0 Å². The average molecular weight is 387 g/mol. The molecule has 0 nitrogen and oxygen atoms in total. The molecule has 6 aliphatic carbocycles. The lowest BCUT2D eigenvalue weighted by Crippen LogP contribution is -2.13. The highest BCUT2D eigenvalue weighted by Gasteiger charge is 2.23. The van der Waals surface area contributed by atoms with Gasteiger partial charge in [0.2, 0.25) is 0 Å². The molecular weight excluding hydrogens is 348 g/mol. The van der Waals surface area contributed by atoms with Gasteiger partial charge in [-0.15, -0.1) is 0 Å². The third-order valence-electron chi connectivity index (χ3n) is 8.37. The van der Waals surface area contributed by atoms with Crippen LogP contribution >= 0.6 is 0 Å². The SMILES string of the molecule is C1=C2CCCC3CCC/C(=C/CC4CCC(CC4)c4ccc(cc4)CC2=C1)CC3. The molecule has 0 heterocycles. The Labute approximate surface area is 178 Å². The van der Waals surface area contributed by atoms with Crippen LogP contribution in [0.1, 0.15) is 101 Å². The van der Waals surface area contributed by atoms with Gasteiger partial charge in [0.1, 0.15) is 0 Å². The lowest BCUT2D eigenvalue weighted by molar-refractivity contribution is 0.327. The van der Waals surface area contributed by atoms with Gasteiger partial charge in [-0.3, -0.25) is 0 Å². The van der Waals surface area contributed by atoms with Crippen LogP contribution in [0.25, 0.3) is 0 Å². The van der Waals surface area contributed by atoms with Crippen molar-refractivity contribution in [1.29, 1.82) is 0 Å². The zero-order valence-corrected chi connectivity index (χ0v) is 18.2. The van der Waals surface area contributed by atoms with Crippen LogP contribution in [0.3, 0.4) is 0 Å². The number of benzene rings is 1. The minimum absolute atomic E-state index is 0.801. The van der Waals surface area contributed by atoms with Crippen molar-refractivity contribution < 1.29 is 0 Å². The van der Waals surface area contributed by atoms with Crippen LogP contribution in [0.2, 0.25) is 0 Å². The standard InChI is InChI=1S/C29H38/c1-3-22-5-2-6-26-19-20-29(26)21-25-13-17-28(18-14-25)27-15-11-24(12-16-27)10-9-23(4-1)8-7-22/h9,13-14,17-20,22,24,27H,1-8,10-12,15-16,21H2/b23-9-. The van der Waals surface area contributed by atoms with E-state index in [1.165, 1.54) is 89.0 Å². The first-order chi connectivity index (χ1) is 14.3. The largest absolute Gasteiger partial charge is 0.0851 e. The topological polar surface area (TPSA) is 0 Å². The zero-order chi connectivity index (χ0) is 19.5. The summed E-state index contributed by atoms with van der Waals surface area (Å²) in [5.41, 5.74) is 8.12. The van der Waals surface area contributed by atoms with Crippen molar-refractivity contribution in [1.82, 2.24) is 0 Å². The molecule has 0 aromatic heterocycles. The van der Waals surface area contributed by atoms with Gasteiger partial charge in [-0.25, -0.2) is 0 Å². The average Bonchev–Trinajstić information content (AvgIpc) is 2.98. The van der Waals surface area contributed by atoms with E-state index in [-0.39, 0.29) is 0 Å². The Morgan fingerprint density at radius 3 is 2.14 bits per heavy atom. The van der Waals surface area contributed by atoms with Gasteiger partial charge in [0, 0.05) is 0 Å². The highest BCUT2D eigenvalue weighted by molar-refractivity contribution is 5.48. The first-order valence-corrected chi connectivity index (χ1v) is 12.5. The molecular formula is C29H38. The predicted molar refractivity (Wildman–Crippen MR) is 124 cm³/mol. The van der Waals surface area contributed by atoms with E-state index >= 15 is 0 Å². The molecule has 154 valence electrons. The molecule has 2 saturated carbocycles. The Morgan fingerprint density at radius 1 is 0.621 bits per heavy atom. The van der Waals surface area contributed by atoms with Crippen molar-refractivity contribution in [3.63, 3.8) is 0 Å². The third-order valence-corrected chi connectivity index (χ3v) is 8.37. The van der Waals surface area contributed by atoms with E-state index in [2.05, 4.69) is 42.5 Å². The minimum atomic E-state index is 0.801. The van der Waals surface area contributed by atoms with E-state index in [0.29, 0.717) is 0 Å². The Morgan fingerprint density at radius 2 is 1.38 bits per heavy atom. The van der Waals surface area contributed by atoms with Crippen molar-refractivity contribution in [2.45, 2.75) is 95.8 Å². The van der Waals surface area contributed by atoms with Crippen LogP contribution in [0, 0.1) is 11.8 Å². The van der Waals surface area contributed by atoms with Crippen LogP contribution in [0.5, 0.6) is 0 Å². The van der Waals surface area contributed by atoms with Gasteiger partial charge in [0.25, 0.3) is 0 Å². The molecule has 0 saturated heterocycles. The van der Waals surface area contributed by atoms with E-state index in [1.54, 1.807) is 22.3 Å². The maximum atomic E-state index is 2.68. The van der Waals surface area contributed by atoms with Gasteiger partial charge in [0.15, 0.2) is 0 Å². The molecule has 2 fully saturated rings. The molecule has 7 rings (SSSR count). The maximum absolute atomic E-state index is 2.68. The van der Waals surface area contributed by atoms with Gasteiger partial charge in [-0.1, -0.05) is 60.9 Å². The molecule has 1 aromatic rings. The van der Waals surface area contributed by atoms with Gasteiger partial charge < -0.3 is 0 Å². The summed E-state index contributed by atoms with van der Waals surface area (Å²) in [5, 5.41) is 0. The Kier molecular flexibility index (Phi) is 6.07. The number of allylic oxidation sites excluding steroid dienone is 6. The number of hydrogen-bond donors (Lipinski definition) is 0. The zero-order valence-electron chi connectivity index (χ0n) is 18.2. The summed E-state index contributed by atoms with van der Waals surface area (Å²) < 4.78 is 0. The van der Waals surface area contributed by atoms with Crippen molar-refractivity contribution in [2.75, 3.05) is 0 Å². The number of hydrogen-bond acceptors (Lipinski definition) is 0. The van der Waals surface area contributed by atoms with Crippen LogP contribution in [-0.4, -0.2) is 0 Å². The van der Waals surface area contributed by atoms with Crippen LogP contribution in [0.4, 0.5) is 0 Å². The molecule has 1 atom stereocenters. The second kappa shape index (κ2) is 9.07. The van der Waals surface area contributed by atoms with Gasteiger partial charge >= 0.3 is 0 Å². The summed E-state index contributed by atoms with van der Waals surface area (Å²) in [4.78, 5) is 0. The van der Waals surface area contributed by atoms with Gasteiger partial charge in [0.05, 0.1) is 0 Å². The molecule has 1 unspecified atom stereocenters. The number of fused-ring (bicyclic) bond motifs is 2. The van der Waals surface area contributed by atoms with Crippen molar-refractivity contribution in [3.8, 4) is 0 Å². The lowest BCUT2D eigenvalue weighted by atomic mass is 9.77. The summed E-state index contributed by atoms with van der Waals surface area (Å²) in [6.07, 6.45) is 26.8. The molecule has 0 heteroatoms. The van der Waals surface area contributed by atoms with E-state index in [1.807, 2.05) is 0 Å². The lowest BCUT2D eigenvalue weighted by Gasteiger charge is -2.28. The van der Waals surface area contributed by atoms with E-state index in [4.69, 9.17) is 0 Å². The first kappa shape index (κ1) is 19.4. The molecule has 29 heavy (non-hydrogen) atoms. The van der Waals surface area contributed by atoms with Crippen LogP contribution in [0.15, 0.2) is 59.2 Å². The fourth-order valence-corrected chi connectivity index (χ4v) is 6.28. The van der Waals surface area contributed by atoms with Gasteiger partial charge in [-0.05, 0) is 117 Å². The van der Waals surface area contributed by atoms with Crippen molar-refractivity contribution in [3.05, 3.63) is 70.3 Å². The van der Waals surface area contributed by atoms with E-state index in [9.17, 15) is 0 Å². The molecule has 0 aliphatic heterocycles. The summed E-state index contributed by atoms with van der Waals surface area (Å²) in [5.74, 6) is 2.72. The normalized spacial score (nSPS) is 32.3. The van der Waals surface area contributed by atoms with Crippen LogP contribution in [-0.2, 0) is 6.42 Å². The summed E-state index contributed by atoms with van der Waals surface area (Å²) in [6, 6.07) is 9.69. The fraction of sp³-hybridized carbons (Fsp3) is 0.586. The quantitative estimate of drug-likeness (QED) is 0.392. The maximum Gasteiger partial charge on any atom is -0.00230 e. The fourth-order valence-electron chi connectivity index (χ4n) is 6.28. The van der Waals surface area contributed by atoms with Crippen LogP contribution < -0.4 is 0 Å². The van der Waals surface area contributed by atoms with Crippen molar-refractivity contribution in [2.24, 2.45) is 11.8 Å². The molecule has 6 bridgehead atoms. The minimum Gasteiger partial charge on any atom is -0.0851 e. The molecule has 0 spiro atoms. The highest BCUT2D eigenvalue weighted by atomic mass is 14.3. The Bertz CT molecular complexity index is 780. The Hall–Kier alpha value is -1.56. The van der Waals surface area contributed by atoms with E-state index < -0.39 is 0 Å².